The van der Waals surface area contributed by atoms with Gasteiger partial charge in [-0.05, 0) is 12.8 Å². The molecule has 0 amide bonds. The van der Waals surface area contributed by atoms with Crippen molar-refractivity contribution in [2.24, 2.45) is 0 Å². The third-order valence-electron chi connectivity index (χ3n) is 0.975. The highest BCUT2D eigenvalue weighted by molar-refractivity contribution is 6.53. The molecule has 0 bridgehead atoms. The predicted octanol–water partition coefficient (Wildman–Crippen LogP) is -1.85. The summed E-state index contributed by atoms with van der Waals surface area (Å²) in [4.78, 5) is 27.4. The molecule has 4 nitrogen and oxygen atoms in total. The topological polar surface area (TPSA) is 72.7 Å². The van der Waals surface area contributed by atoms with Gasteiger partial charge in [0.2, 0.25) is 0 Å². The van der Waals surface area contributed by atoms with Crippen molar-refractivity contribution in [1.82, 2.24) is 4.98 Å². The average Bonchev–Trinajstić information content (AvgIpc) is 2.12. The van der Waals surface area contributed by atoms with Crippen LogP contribution in [0.15, 0.2) is 0 Å². The van der Waals surface area contributed by atoms with Crippen molar-refractivity contribution in [1.29, 1.82) is 0 Å². The largest absolute Gasteiger partial charge is 0.588 e. The Hall–Kier alpha value is 0.0569. The molecule has 1 saturated carbocycles. The molecule has 0 aromatic carbocycles. The van der Waals surface area contributed by atoms with E-state index in [1.807, 2.05) is 0 Å². The second kappa shape index (κ2) is 1.78. The fraction of sp³-hybridized carbons (Fsp3) is 1.00. The van der Waals surface area contributed by atoms with Crippen molar-refractivity contribution < 1.29 is 14.4 Å². The molecule has 4 N–H and O–H groups in total. The molecule has 0 saturated heterocycles. The van der Waals surface area contributed by atoms with Gasteiger partial charge in [-0.2, -0.15) is 0 Å². The van der Waals surface area contributed by atoms with Crippen LogP contribution in [0.3, 0.4) is 0 Å². The van der Waals surface area contributed by atoms with E-state index in [4.69, 9.17) is 14.4 Å². The molecule has 0 aliphatic heterocycles. The van der Waals surface area contributed by atoms with Crippen LogP contribution < -0.4 is 4.98 Å². The zero-order chi connectivity index (χ0) is 6.20. The first-order valence-corrected chi connectivity index (χ1v) is 4.37. The number of nitrogens with one attached hydrogen (secondary N) is 1. The molecule has 0 spiro atoms. The summed E-state index contributed by atoms with van der Waals surface area (Å²) in [6.45, 7) is 0. The van der Waals surface area contributed by atoms with Crippen LogP contribution in [0.5, 0.6) is 0 Å². The van der Waals surface area contributed by atoms with Crippen molar-refractivity contribution in [3.8, 4) is 0 Å². The van der Waals surface area contributed by atoms with Gasteiger partial charge in [-0.25, -0.2) is 0 Å². The van der Waals surface area contributed by atoms with E-state index in [9.17, 15) is 0 Å². The Morgan fingerprint density at radius 3 is 1.88 bits per heavy atom. The summed E-state index contributed by atoms with van der Waals surface area (Å²) in [6, 6.07) is 0.154. The lowest BCUT2D eigenvalue weighted by molar-refractivity contribution is 0.208. The first-order valence-electron chi connectivity index (χ1n) is 2.53. The van der Waals surface area contributed by atoms with Crippen LogP contribution in [-0.4, -0.2) is 29.4 Å². The smallest absolute Gasteiger partial charge is 0.377 e. The third-order valence-corrected chi connectivity index (χ3v) is 1.77. The van der Waals surface area contributed by atoms with Crippen LogP contribution in [0.2, 0.25) is 0 Å². The van der Waals surface area contributed by atoms with Crippen molar-refractivity contribution in [2.75, 3.05) is 0 Å². The summed E-state index contributed by atoms with van der Waals surface area (Å²) in [6.07, 6.45) is 1.88. The van der Waals surface area contributed by atoms with E-state index in [1.165, 1.54) is 0 Å². The Labute approximate surface area is 48.2 Å². The molecule has 1 rings (SSSR count). The highest BCUT2D eigenvalue weighted by Crippen LogP contribution is 2.19. The van der Waals surface area contributed by atoms with Crippen molar-refractivity contribution in [3.63, 3.8) is 0 Å². The molecular weight excluding hydrogens is 126 g/mol. The van der Waals surface area contributed by atoms with Crippen LogP contribution >= 0.6 is 0 Å². The van der Waals surface area contributed by atoms with Gasteiger partial charge in [0.1, 0.15) is 0 Å². The normalized spacial score (nSPS) is 21.4. The zero-order valence-corrected chi connectivity index (χ0v) is 5.33. The fourth-order valence-electron chi connectivity index (χ4n) is 0.502. The van der Waals surface area contributed by atoms with Crippen LogP contribution in [-0.2, 0) is 0 Å². The molecular formula is C3H9NO3Si. The standard InChI is InChI=1S/C3H9NO3Si/c5-8(6,7)4-3-1-2-3/h3-7H,1-2H2. The lowest BCUT2D eigenvalue weighted by Gasteiger charge is -2.08. The summed E-state index contributed by atoms with van der Waals surface area (Å²) < 4.78 is 0. The lowest BCUT2D eigenvalue weighted by atomic mass is 10.8. The lowest BCUT2D eigenvalue weighted by Crippen LogP contribution is -2.52. The minimum absolute atomic E-state index is 0.154. The Morgan fingerprint density at radius 1 is 1.25 bits per heavy atom. The minimum Gasteiger partial charge on any atom is -0.377 e. The molecule has 1 aliphatic carbocycles. The SMILES string of the molecule is O[Si](O)(O)NC1CC1. The zero-order valence-electron chi connectivity index (χ0n) is 4.33. The first kappa shape index (κ1) is 6.18. The van der Waals surface area contributed by atoms with Crippen molar-refractivity contribution in [3.05, 3.63) is 0 Å². The van der Waals surface area contributed by atoms with Crippen LogP contribution in [0.25, 0.3) is 0 Å². The van der Waals surface area contributed by atoms with Crippen LogP contribution in [0.4, 0.5) is 0 Å². The fourth-order valence-corrected chi connectivity index (χ4v) is 1.34. The van der Waals surface area contributed by atoms with E-state index in [1.54, 1.807) is 0 Å². The van der Waals surface area contributed by atoms with Gasteiger partial charge in [-0.3, -0.25) is 4.98 Å². The maximum atomic E-state index is 8.37. The summed E-state index contributed by atoms with van der Waals surface area (Å²) >= 11 is 0. The summed E-state index contributed by atoms with van der Waals surface area (Å²) in [7, 11) is -3.91. The number of hydrogen-bond acceptors (Lipinski definition) is 4. The maximum Gasteiger partial charge on any atom is 0.588 e. The van der Waals surface area contributed by atoms with Gasteiger partial charge >= 0.3 is 8.97 Å². The molecule has 0 aromatic heterocycles. The van der Waals surface area contributed by atoms with Gasteiger partial charge in [0.25, 0.3) is 0 Å². The highest BCUT2D eigenvalue weighted by atomic mass is 28.4. The molecule has 0 atom stereocenters. The molecule has 8 heavy (non-hydrogen) atoms. The molecule has 0 heterocycles. The quantitative estimate of drug-likeness (QED) is 0.335. The van der Waals surface area contributed by atoms with E-state index >= 15 is 0 Å². The van der Waals surface area contributed by atoms with Gasteiger partial charge < -0.3 is 14.4 Å². The summed E-state index contributed by atoms with van der Waals surface area (Å²) in [5, 5.41) is 0. The van der Waals surface area contributed by atoms with E-state index < -0.39 is 8.97 Å². The maximum absolute atomic E-state index is 8.37. The molecule has 1 fully saturated rings. The Kier molecular flexibility index (Phi) is 1.38. The Bertz CT molecular complexity index is 87.0. The predicted molar refractivity (Wildman–Crippen MR) is 28.6 cm³/mol. The van der Waals surface area contributed by atoms with E-state index in [-0.39, 0.29) is 6.04 Å². The van der Waals surface area contributed by atoms with Gasteiger partial charge in [-0.15, -0.1) is 0 Å². The summed E-state index contributed by atoms with van der Waals surface area (Å²) in [5.74, 6) is 0. The number of rotatable bonds is 2. The monoisotopic (exact) mass is 135 g/mol. The first-order chi connectivity index (χ1) is 3.58. The van der Waals surface area contributed by atoms with Gasteiger partial charge in [0.15, 0.2) is 0 Å². The molecule has 0 aromatic rings. The van der Waals surface area contributed by atoms with Gasteiger partial charge in [-0.1, -0.05) is 0 Å². The molecule has 0 unspecified atom stereocenters. The average molecular weight is 135 g/mol. The van der Waals surface area contributed by atoms with Gasteiger partial charge in [0.05, 0.1) is 0 Å². The van der Waals surface area contributed by atoms with Crippen LogP contribution in [0.1, 0.15) is 12.8 Å². The molecule has 1 aliphatic rings. The molecule has 0 radical (unpaired) electrons. The van der Waals surface area contributed by atoms with Crippen LogP contribution in [0, 0.1) is 0 Å². The molecule has 5 heteroatoms. The Morgan fingerprint density at radius 2 is 1.75 bits per heavy atom. The highest BCUT2D eigenvalue weighted by Gasteiger charge is 2.35. The number of hydrogen-bond donors (Lipinski definition) is 4. The van der Waals surface area contributed by atoms with Crippen molar-refractivity contribution in [2.45, 2.75) is 18.9 Å². The molecule has 48 valence electrons. The third kappa shape index (κ3) is 2.39. The second-order valence-corrected chi connectivity index (χ2v) is 3.61. The van der Waals surface area contributed by atoms with Gasteiger partial charge in [0, 0.05) is 6.04 Å². The second-order valence-electron chi connectivity index (χ2n) is 2.05. The van der Waals surface area contributed by atoms with E-state index in [2.05, 4.69) is 4.98 Å². The minimum atomic E-state index is -3.91. The van der Waals surface area contributed by atoms with Crippen molar-refractivity contribution >= 4 is 8.97 Å². The Balaban J connectivity index is 2.16. The van der Waals surface area contributed by atoms with E-state index in [0.29, 0.717) is 0 Å². The summed E-state index contributed by atoms with van der Waals surface area (Å²) in [5.41, 5.74) is 0. The van der Waals surface area contributed by atoms with E-state index in [0.717, 1.165) is 12.8 Å².